The fourth-order valence-electron chi connectivity index (χ4n) is 4.01. The van der Waals surface area contributed by atoms with Gasteiger partial charge in [0.05, 0.1) is 0 Å². The van der Waals surface area contributed by atoms with E-state index in [1.807, 2.05) is 36.4 Å². The van der Waals surface area contributed by atoms with Gasteiger partial charge in [-0.05, 0) is 56.5 Å². The highest BCUT2D eigenvalue weighted by Gasteiger charge is 2.24. The Morgan fingerprint density at radius 1 is 1.22 bits per heavy atom. The number of nitrogens with one attached hydrogen (secondary N) is 2. The van der Waals surface area contributed by atoms with Gasteiger partial charge in [-0.1, -0.05) is 30.8 Å². The van der Waals surface area contributed by atoms with E-state index in [0.717, 1.165) is 35.7 Å². The predicted octanol–water partition coefficient (Wildman–Crippen LogP) is 3.63. The number of amides is 2. The fourth-order valence-corrected chi connectivity index (χ4v) is 4.01. The van der Waals surface area contributed by atoms with Crippen molar-refractivity contribution in [2.45, 2.75) is 31.8 Å². The molecule has 7 heteroatoms. The van der Waals surface area contributed by atoms with E-state index in [2.05, 4.69) is 46.1 Å². The van der Waals surface area contributed by atoms with Gasteiger partial charge in [-0.15, -0.1) is 0 Å². The molecule has 1 fully saturated rings. The Labute approximate surface area is 187 Å². The molecular formula is C25H27N5O2. The molecule has 2 N–H and O–H groups in total. The van der Waals surface area contributed by atoms with Crippen LogP contribution in [-0.4, -0.2) is 52.4 Å². The molecule has 1 aliphatic rings. The summed E-state index contributed by atoms with van der Waals surface area (Å²) in [5.74, 6) is -0.00248. The number of fused-ring (bicyclic) bond motifs is 1. The molecule has 4 rings (SSSR count). The van der Waals surface area contributed by atoms with Crippen LogP contribution in [0.3, 0.4) is 0 Å². The van der Waals surface area contributed by atoms with Crippen molar-refractivity contribution in [3.8, 4) is 11.4 Å². The van der Waals surface area contributed by atoms with Gasteiger partial charge in [-0.25, -0.2) is 9.97 Å². The highest BCUT2D eigenvalue weighted by molar-refractivity contribution is 6.06. The van der Waals surface area contributed by atoms with Gasteiger partial charge in [-0.3, -0.25) is 9.59 Å². The number of anilines is 1. The summed E-state index contributed by atoms with van der Waals surface area (Å²) in [5, 5.41) is 7.78. The molecule has 2 atom stereocenters. The van der Waals surface area contributed by atoms with Gasteiger partial charge in [0.2, 0.25) is 5.91 Å². The third-order valence-corrected chi connectivity index (χ3v) is 6.02. The van der Waals surface area contributed by atoms with E-state index in [0.29, 0.717) is 23.2 Å². The topological polar surface area (TPSA) is 87.2 Å². The Balaban J connectivity index is 1.58. The Morgan fingerprint density at radius 3 is 2.84 bits per heavy atom. The van der Waals surface area contributed by atoms with Crippen molar-refractivity contribution in [2.24, 2.45) is 0 Å². The average Bonchev–Trinajstić information content (AvgIpc) is 2.81. The molecule has 0 saturated carbocycles. The van der Waals surface area contributed by atoms with E-state index < -0.39 is 0 Å². The normalized spacial score (nSPS) is 18.8. The van der Waals surface area contributed by atoms with Crippen LogP contribution in [-0.2, 0) is 4.79 Å². The molecule has 1 aliphatic heterocycles. The van der Waals surface area contributed by atoms with Crippen molar-refractivity contribution in [3.05, 3.63) is 67.0 Å². The summed E-state index contributed by atoms with van der Waals surface area (Å²) >= 11 is 0. The highest BCUT2D eigenvalue weighted by atomic mass is 16.2. The molecule has 1 saturated heterocycles. The lowest BCUT2D eigenvalue weighted by Crippen LogP contribution is -2.47. The predicted molar refractivity (Wildman–Crippen MR) is 126 cm³/mol. The summed E-state index contributed by atoms with van der Waals surface area (Å²) in [6.45, 7) is 6.64. The van der Waals surface area contributed by atoms with Crippen LogP contribution >= 0.6 is 0 Å². The maximum absolute atomic E-state index is 12.8. The first kappa shape index (κ1) is 21.6. The third-order valence-electron chi connectivity index (χ3n) is 6.02. The van der Waals surface area contributed by atoms with Crippen molar-refractivity contribution in [1.82, 2.24) is 20.2 Å². The molecule has 2 aromatic carbocycles. The number of piperidine rings is 1. The fraction of sp³-hybridized carbons (Fsp3) is 0.280. The third kappa shape index (κ3) is 4.68. The van der Waals surface area contributed by atoms with Gasteiger partial charge >= 0.3 is 0 Å². The number of aromatic nitrogens is 2. The maximum atomic E-state index is 12.8. The quantitative estimate of drug-likeness (QED) is 0.605. The van der Waals surface area contributed by atoms with Gasteiger partial charge in [-0.2, -0.15) is 0 Å². The molecule has 2 amide bonds. The number of carbonyl (C=O) groups is 2. The minimum absolute atomic E-state index is 0.142. The van der Waals surface area contributed by atoms with E-state index >= 15 is 0 Å². The van der Waals surface area contributed by atoms with Crippen molar-refractivity contribution in [1.29, 1.82) is 0 Å². The van der Waals surface area contributed by atoms with Crippen LogP contribution in [0.15, 0.2) is 61.3 Å². The van der Waals surface area contributed by atoms with E-state index in [4.69, 9.17) is 0 Å². The van der Waals surface area contributed by atoms with E-state index in [1.165, 1.54) is 6.08 Å². The van der Waals surface area contributed by atoms with Crippen molar-refractivity contribution in [2.75, 3.05) is 18.9 Å². The summed E-state index contributed by atoms with van der Waals surface area (Å²) in [6, 6.07) is 13.7. The average molecular weight is 430 g/mol. The standard InChI is InChI=1S/C25H27N5O2/c1-4-23(31)28-21-7-5-6-17-8-9-18(15-20(17)21)24-26-12-10-22(29-24)25(32)27-19-11-13-30(3)16(2)14-19/h4-10,12,15-16,19H,1,11,13-14H2,2-3H3,(H,27,32)(H,28,31)/t16-,19+/m0/s1. The van der Waals surface area contributed by atoms with Gasteiger partial charge in [0.1, 0.15) is 5.69 Å². The van der Waals surface area contributed by atoms with E-state index in [1.54, 1.807) is 12.3 Å². The lowest BCUT2D eigenvalue weighted by atomic mass is 9.99. The van der Waals surface area contributed by atoms with Crippen LogP contribution in [0.4, 0.5) is 5.69 Å². The van der Waals surface area contributed by atoms with Gasteiger partial charge < -0.3 is 15.5 Å². The summed E-state index contributed by atoms with van der Waals surface area (Å²) in [7, 11) is 2.11. The first-order valence-corrected chi connectivity index (χ1v) is 10.8. The first-order chi connectivity index (χ1) is 15.4. The summed E-state index contributed by atoms with van der Waals surface area (Å²) in [5.41, 5.74) is 1.79. The second kappa shape index (κ2) is 9.28. The lowest BCUT2D eigenvalue weighted by molar-refractivity contribution is -0.111. The smallest absolute Gasteiger partial charge is 0.270 e. The van der Waals surface area contributed by atoms with Crippen LogP contribution in [0.25, 0.3) is 22.2 Å². The molecule has 0 radical (unpaired) electrons. The molecule has 164 valence electrons. The van der Waals surface area contributed by atoms with Crippen LogP contribution in [0.2, 0.25) is 0 Å². The van der Waals surface area contributed by atoms with Crippen LogP contribution < -0.4 is 10.6 Å². The molecule has 32 heavy (non-hydrogen) atoms. The van der Waals surface area contributed by atoms with Gasteiger partial charge in [0.25, 0.3) is 5.91 Å². The molecular weight excluding hydrogens is 402 g/mol. The Hall–Kier alpha value is -3.58. The largest absolute Gasteiger partial charge is 0.348 e. The summed E-state index contributed by atoms with van der Waals surface area (Å²) in [4.78, 5) is 35.8. The second-order valence-corrected chi connectivity index (χ2v) is 8.22. The molecule has 0 aliphatic carbocycles. The molecule has 3 aromatic rings. The van der Waals surface area contributed by atoms with Crippen molar-refractivity contribution < 1.29 is 9.59 Å². The Morgan fingerprint density at radius 2 is 2.06 bits per heavy atom. The zero-order valence-electron chi connectivity index (χ0n) is 18.3. The molecule has 0 spiro atoms. The van der Waals surface area contributed by atoms with Gasteiger partial charge in [0, 0.05) is 41.5 Å². The zero-order valence-corrected chi connectivity index (χ0v) is 18.3. The maximum Gasteiger partial charge on any atom is 0.270 e. The second-order valence-electron chi connectivity index (χ2n) is 8.22. The van der Waals surface area contributed by atoms with Crippen LogP contribution in [0.1, 0.15) is 30.3 Å². The number of benzene rings is 2. The van der Waals surface area contributed by atoms with E-state index in [-0.39, 0.29) is 17.9 Å². The first-order valence-electron chi connectivity index (χ1n) is 10.8. The van der Waals surface area contributed by atoms with Gasteiger partial charge in [0.15, 0.2) is 5.82 Å². The number of likely N-dealkylation sites (tertiary alicyclic amines) is 1. The Bertz CT molecular complexity index is 1180. The van der Waals surface area contributed by atoms with E-state index in [9.17, 15) is 9.59 Å². The number of carbonyl (C=O) groups excluding carboxylic acids is 2. The van der Waals surface area contributed by atoms with Crippen molar-refractivity contribution >= 4 is 28.3 Å². The SMILES string of the molecule is C=CC(=O)Nc1cccc2ccc(-c3nccc(C(=O)N[C@@H]4CCN(C)[C@@H](C)C4)n3)cc12. The van der Waals surface area contributed by atoms with Crippen molar-refractivity contribution in [3.63, 3.8) is 0 Å². The number of hydrogen-bond donors (Lipinski definition) is 2. The number of nitrogens with zero attached hydrogens (tertiary/aromatic N) is 3. The minimum Gasteiger partial charge on any atom is -0.348 e. The number of rotatable bonds is 5. The molecule has 0 unspecified atom stereocenters. The monoisotopic (exact) mass is 429 g/mol. The lowest BCUT2D eigenvalue weighted by Gasteiger charge is -2.35. The molecule has 7 nitrogen and oxygen atoms in total. The Kier molecular flexibility index (Phi) is 6.28. The molecule has 0 bridgehead atoms. The molecule has 1 aromatic heterocycles. The number of hydrogen-bond acceptors (Lipinski definition) is 5. The highest BCUT2D eigenvalue weighted by Crippen LogP contribution is 2.28. The zero-order chi connectivity index (χ0) is 22.7. The van der Waals surface area contributed by atoms with Crippen LogP contribution in [0, 0.1) is 0 Å². The summed E-state index contributed by atoms with van der Waals surface area (Å²) < 4.78 is 0. The molecule has 2 heterocycles. The summed E-state index contributed by atoms with van der Waals surface area (Å²) in [6.07, 6.45) is 4.68. The minimum atomic E-state index is -0.277. The van der Waals surface area contributed by atoms with Crippen LogP contribution in [0.5, 0.6) is 0 Å².